The third-order valence-electron chi connectivity index (χ3n) is 15.8. The van der Waals surface area contributed by atoms with Crippen LogP contribution in [0.2, 0.25) is 0 Å². The lowest BCUT2D eigenvalue weighted by Crippen LogP contribution is -1.90. The second kappa shape index (κ2) is 14.2. The molecule has 0 nitrogen and oxygen atoms in total. The second-order valence-electron chi connectivity index (χ2n) is 19.4. The average molecular weight is 949 g/mol. The largest absolute Gasteiger partial charge is 0.135 e. The van der Waals surface area contributed by atoms with E-state index in [1.165, 1.54) is 170 Å². The van der Waals surface area contributed by atoms with E-state index < -0.39 is 0 Å². The lowest BCUT2D eigenvalue weighted by Gasteiger charge is -2.17. The van der Waals surface area contributed by atoms with Crippen LogP contribution in [0.4, 0.5) is 0 Å². The Balaban J connectivity index is 0.813. The molecule has 0 atom stereocenters. The zero-order valence-electron chi connectivity index (χ0n) is 38.0. The minimum absolute atomic E-state index is 1.25. The van der Waals surface area contributed by atoms with Crippen LogP contribution in [0.1, 0.15) is 0 Å². The molecule has 0 amide bonds. The van der Waals surface area contributed by atoms with Crippen molar-refractivity contribution in [2.24, 2.45) is 0 Å². The molecule has 17 aromatic rings. The van der Waals surface area contributed by atoms with Gasteiger partial charge < -0.3 is 0 Å². The van der Waals surface area contributed by atoms with Crippen LogP contribution in [0.15, 0.2) is 218 Å². The molecule has 0 aliphatic carbocycles. The average Bonchev–Trinajstić information content (AvgIpc) is 4.13. The molecule has 0 saturated carbocycles. The summed E-state index contributed by atoms with van der Waals surface area (Å²) >= 11 is 5.71. The molecule has 3 heterocycles. The predicted molar refractivity (Wildman–Crippen MR) is 314 cm³/mol. The Morgan fingerprint density at radius 3 is 0.986 bits per heavy atom. The summed E-state index contributed by atoms with van der Waals surface area (Å²) in [7, 11) is 0. The van der Waals surface area contributed by atoms with Crippen LogP contribution in [-0.4, -0.2) is 0 Å². The summed E-state index contributed by atoms with van der Waals surface area (Å²) in [4.78, 5) is 0. The molecule has 14 aromatic carbocycles. The Bertz CT molecular complexity index is 4800. The zero-order valence-corrected chi connectivity index (χ0v) is 40.5. The molecule has 0 spiro atoms. The van der Waals surface area contributed by atoms with Crippen molar-refractivity contribution in [3.8, 4) is 44.5 Å². The molecule has 0 saturated heterocycles. The molecule has 0 N–H and O–H groups in total. The minimum atomic E-state index is 1.25. The predicted octanol–water partition coefficient (Wildman–Crippen LogP) is 21.3. The molecule has 326 valence electrons. The highest BCUT2D eigenvalue weighted by Gasteiger charge is 2.21. The summed E-state index contributed by atoms with van der Waals surface area (Å²) in [5, 5.41) is 23.7. The van der Waals surface area contributed by atoms with Crippen molar-refractivity contribution >= 4 is 159 Å². The SMILES string of the molecule is c1ccc2c(c1)sc1c(-c3ccc4ccc5c(-c6ccc7sc8ccc(-c9ccc%10ccc%11c(-c%12cccc%13c%12sc%12ccccc%12%13)ccc%12ccc9c%10c%12%11)cc8c7c6)ccc6ccc3c4c65)cccc12. The Hall–Kier alpha value is -8.18. The highest BCUT2D eigenvalue weighted by atomic mass is 32.1. The third kappa shape index (κ3) is 5.33. The van der Waals surface area contributed by atoms with E-state index in [1.54, 1.807) is 0 Å². The maximum absolute atomic E-state index is 2.46. The van der Waals surface area contributed by atoms with Crippen LogP contribution in [0.5, 0.6) is 0 Å². The fourth-order valence-corrected chi connectivity index (χ4v) is 16.1. The van der Waals surface area contributed by atoms with E-state index in [-0.39, 0.29) is 0 Å². The van der Waals surface area contributed by atoms with Gasteiger partial charge >= 0.3 is 0 Å². The fraction of sp³-hybridized carbons (Fsp3) is 0. The molecule has 0 fully saturated rings. The molecule has 0 unspecified atom stereocenters. The van der Waals surface area contributed by atoms with Gasteiger partial charge in [-0.25, -0.2) is 0 Å². The van der Waals surface area contributed by atoms with Gasteiger partial charge in [0.2, 0.25) is 0 Å². The van der Waals surface area contributed by atoms with Crippen molar-refractivity contribution in [1.29, 1.82) is 0 Å². The maximum atomic E-state index is 2.46. The Morgan fingerprint density at radius 1 is 0.197 bits per heavy atom. The normalized spacial score (nSPS) is 12.5. The van der Waals surface area contributed by atoms with Crippen molar-refractivity contribution in [3.05, 3.63) is 218 Å². The number of benzene rings is 14. The minimum Gasteiger partial charge on any atom is -0.135 e. The molecule has 17 rings (SSSR count). The van der Waals surface area contributed by atoms with Crippen LogP contribution in [0.3, 0.4) is 0 Å². The standard InChI is InChI=1S/C68H36S3/c1-3-13-59-47(7-1)55-11-5-9-53(67(55)70-59)45-27-17-39-19-29-49-43(25-15-37-21-31-51(45)65(39)63(37)49)41-23-33-61-57(35-41)58-36-42(24-34-62(58)69-61)44-26-16-38-22-32-52-46(28-18-40-20-30-50(44)64(38)66(40)52)54-10-6-12-56-48-8-2-4-14-60(48)71-68(54)56/h1-36H. The molecule has 0 bridgehead atoms. The summed E-state index contributed by atoms with van der Waals surface area (Å²) in [5.41, 5.74) is 10.3. The highest BCUT2D eigenvalue weighted by Crippen LogP contribution is 2.49. The van der Waals surface area contributed by atoms with Crippen molar-refractivity contribution in [3.63, 3.8) is 0 Å². The summed E-state index contributed by atoms with van der Waals surface area (Å²) < 4.78 is 8.01. The second-order valence-corrected chi connectivity index (χ2v) is 22.6. The van der Waals surface area contributed by atoms with Gasteiger partial charge in [0.05, 0.1) is 0 Å². The van der Waals surface area contributed by atoms with Gasteiger partial charge in [-0.15, -0.1) is 34.0 Å². The zero-order chi connectivity index (χ0) is 46.1. The summed E-state index contributed by atoms with van der Waals surface area (Å²) in [6.07, 6.45) is 0. The first-order valence-electron chi connectivity index (χ1n) is 24.4. The number of hydrogen-bond donors (Lipinski definition) is 0. The Labute approximate surface area is 419 Å². The maximum Gasteiger partial charge on any atom is 0.0434 e. The molecule has 3 heteroatoms. The van der Waals surface area contributed by atoms with Gasteiger partial charge in [0.15, 0.2) is 0 Å². The van der Waals surface area contributed by atoms with E-state index >= 15 is 0 Å². The van der Waals surface area contributed by atoms with E-state index in [2.05, 4.69) is 218 Å². The quantitative estimate of drug-likeness (QED) is 0.154. The first kappa shape index (κ1) is 38.6. The first-order chi connectivity index (χ1) is 35.2. The van der Waals surface area contributed by atoms with Crippen molar-refractivity contribution in [2.45, 2.75) is 0 Å². The van der Waals surface area contributed by atoms with Crippen molar-refractivity contribution < 1.29 is 0 Å². The van der Waals surface area contributed by atoms with Gasteiger partial charge in [-0.1, -0.05) is 182 Å². The van der Waals surface area contributed by atoms with Crippen LogP contribution in [-0.2, 0) is 0 Å². The van der Waals surface area contributed by atoms with Crippen LogP contribution in [0, 0.1) is 0 Å². The van der Waals surface area contributed by atoms with Gasteiger partial charge in [-0.05, 0) is 134 Å². The molecule has 0 radical (unpaired) electrons. The van der Waals surface area contributed by atoms with Crippen molar-refractivity contribution in [2.75, 3.05) is 0 Å². The topological polar surface area (TPSA) is 0 Å². The fourth-order valence-electron chi connectivity index (χ4n) is 12.6. The van der Waals surface area contributed by atoms with Gasteiger partial charge in [0.1, 0.15) is 0 Å². The lowest BCUT2D eigenvalue weighted by atomic mass is 9.86. The number of thiophene rings is 3. The molecule has 3 aromatic heterocycles. The molecule has 0 aliphatic heterocycles. The Morgan fingerprint density at radius 2 is 0.549 bits per heavy atom. The molecular formula is C68H36S3. The van der Waals surface area contributed by atoms with E-state index in [4.69, 9.17) is 0 Å². The number of rotatable bonds is 4. The van der Waals surface area contributed by atoms with Gasteiger partial charge in [0, 0.05) is 71.6 Å². The monoisotopic (exact) mass is 948 g/mol. The first-order valence-corrected chi connectivity index (χ1v) is 26.8. The van der Waals surface area contributed by atoms with Crippen molar-refractivity contribution in [1.82, 2.24) is 0 Å². The van der Waals surface area contributed by atoms with E-state index in [9.17, 15) is 0 Å². The molecule has 71 heavy (non-hydrogen) atoms. The van der Waals surface area contributed by atoms with Gasteiger partial charge in [0.25, 0.3) is 0 Å². The summed E-state index contributed by atoms with van der Waals surface area (Å²) in [6.45, 7) is 0. The summed E-state index contributed by atoms with van der Waals surface area (Å²) in [6, 6.07) is 83.1. The van der Waals surface area contributed by atoms with Crippen LogP contribution < -0.4 is 0 Å². The van der Waals surface area contributed by atoms with E-state index in [0.717, 1.165) is 0 Å². The smallest absolute Gasteiger partial charge is 0.0434 e. The lowest BCUT2D eigenvalue weighted by molar-refractivity contribution is 1.71. The van der Waals surface area contributed by atoms with Crippen LogP contribution in [0.25, 0.3) is 170 Å². The summed E-state index contributed by atoms with van der Waals surface area (Å²) in [5.74, 6) is 0. The van der Waals surface area contributed by atoms with Gasteiger partial charge in [-0.2, -0.15) is 0 Å². The van der Waals surface area contributed by atoms with Gasteiger partial charge in [-0.3, -0.25) is 0 Å². The Kier molecular flexibility index (Phi) is 7.74. The highest BCUT2D eigenvalue weighted by molar-refractivity contribution is 7.27. The molecular weight excluding hydrogens is 913 g/mol. The van der Waals surface area contributed by atoms with Crippen LogP contribution >= 0.6 is 34.0 Å². The molecule has 0 aliphatic rings. The van der Waals surface area contributed by atoms with E-state index in [0.29, 0.717) is 0 Å². The van der Waals surface area contributed by atoms with E-state index in [1.807, 2.05) is 34.0 Å². The number of fused-ring (bicyclic) bond motifs is 9. The number of hydrogen-bond acceptors (Lipinski definition) is 3. The third-order valence-corrected chi connectivity index (χ3v) is 19.4.